The number of ether oxygens (including phenoxy) is 1. The Morgan fingerprint density at radius 2 is 1.42 bits per heavy atom. The molecule has 0 spiro atoms. The topological polar surface area (TPSA) is 26.3 Å². The van der Waals surface area contributed by atoms with Gasteiger partial charge in [-0.3, -0.25) is 0 Å². The molecule has 0 aliphatic rings. The average molecular weight is 304 g/mol. The van der Waals surface area contributed by atoms with Crippen LogP contribution in [0.4, 0.5) is 19.4 Å². The van der Waals surface area contributed by atoms with Crippen molar-refractivity contribution in [1.29, 1.82) is 0 Å². The molecule has 0 amide bonds. The minimum atomic E-state index is -9.69. The summed E-state index contributed by atoms with van der Waals surface area (Å²) in [5, 5.41) is 0. The Balaban J connectivity index is 3.06. The molecule has 1 rings (SSSR count). The van der Waals surface area contributed by atoms with E-state index in [0.717, 1.165) is 0 Å². The highest BCUT2D eigenvalue weighted by Crippen LogP contribution is 3.02. The minimum Gasteiger partial charge on any atom is -0.456 e. The van der Waals surface area contributed by atoms with Crippen molar-refractivity contribution in [3.8, 4) is 0 Å². The quantitative estimate of drug-likeness (QED) is 0.547. The van der Waals surface area contributed by atoms with E-state index < -0.39 is 26.7 Å². The van der Waals surface area contributed by atoms with Crippen LogP contribution in [0, 0.1) is 0 Å². The summed E-state index contributed by atoms with van der Waals surface area (Å²) in [6.45, 7) is 4.73. The Labute approximate surface area is 107 Å². The van der Waals surface area contributed by atoms with E-state index in [1.807, 2.05) is 0 Å². The third-order valence-corrected chi connectivity index (χ3v) is 3.10. The summed E-state index contributed by atoms with van der Waals surface area (Å²) in [4.78, 5) is 9.46. The SMILES string of the molecule is CC(C)(C)OC(=O)c1ccc(S(F)(F)(F)(F)F)cc1. The van der Waals surface area contributed by atoms with Crippen LogP contribution in [-0.2, 0) is 4.74 Å². The predicted molar refractivity (Wildman–Crippen MR) is 63.0 cm³/mol. The van der Waals surface area contributed by atoms with Gasteiger partial charge in [-0.25, -0.2) is 4.79 Å². The van der Waals surface area contributed by atoms with Crippen molar-refractivity contribution in [3.05, 3.63) is 29.8 Å². The molecule has 0 bridgehead atoms. The van der Waals surface area contributed by atoms with Crippen molar-refractivity contribution in [3.63, 3.8) is 0 Å². The van der Waals surface area contributed by atoms with E-state index in [0.29, 0.717) is 12.1 Å². The first-order chi connectivity index (χ1) is 8.08. The van der Waals surface area contributed by atoms with Crippen LogP contribution >= 0.6 is 10.2 Å². The molecular weight excluding hydrogens is 291 g/mol. The maximum Gasteiger partial charge on any atom is 0.338 e. The van der Waals surface area contributed by atoms with Gasteiger partial charge in [0.05, 0.1) is 5.56 Å². The van der Waals surface area contributed by atoms with Gasteiger partial charge in [0.15, 0.2) is 0 Å². The second kappa shape index (κ2) is 3.62. The van der Waals surface area contributed by atoms with Crippen LogP contribution in [0.15, 0.2) is 29.2 Å². The summed E-state index contributed by atoms with van der Waals surface area (Å²) >= 11 is 0. The molecule has 0 fully saturated rings. The molecule has 0 aromatic heterocycles. The molecule has 0 aliphatic heterocycles. The van der Waals surface area contributed by atoms with E-state index in [4.69, 9.17) is 4.74 Å². The van der Waals surface area contributed by atoms with E-state index >= 15 is 0 Å². The standard InChI is InChI=1S/C11H13F5O2S/c1-11(2,3)18-10(17)8-4-6-9(7-5-8)19(12,13,14,15)16/h4-7H,1-3H3. The Hall–Kier alpha value is -1.31. The number of esters is 1. The van der Waals surface area contributed by atoms with Crippen LogP contribution in [0.25, 0.3) is 0 Å². The molecule has 0 aliphatic carbocycles. The fourth-order valence-electron chi connectivity index (χ4n) is 1.19. The van der Waals surface area contributed by atoms with Gasteiger partial charge in [-0.1, -0.05) is 19.4 Å². The summed E-state index contributed by atoms with van der Waals surface area (Å²) in [6, 6.07) is 1.70. The number of rotatable bonds is 2. The second-order valence-electron chi connectivity index (χ2n) is 5.00. The van der Waals surface area contributed by atoms with E-state index in [1.54, 1.807) is 20.8 Å². The van der Waals surface area contributed by atoms with Crippen LogP contribution < -0.4 is 0 Å². The fraction of sp³-hybridized carbons (Fsp3) is 0.364. The number of hydrogen-bond acceptors (Lipinski definition) is 2. The lowest BCUT2D eigenvalue weighted by Gasteiger charge is -2.40. The van der Waals surface area contributed by atoms with Crippen LogP contribution in [0.2, 0.25) is 0 Å². The first kappa shape index (κ1) is 15.7. The molecule has 0 unspecified atom stereocenters. The molecule has 1 aromatic carbocycles. The Bertz CT molecular complexity index is 498. The summed E-state index contributed by atoms with van der Waals surface area (Å²) in [5.74, 6) is -0.874. The smallest absolute Gasteiger partial charge is 0.338 e. The monoisotopic (exact) mass is 304 g/mol. The fourth-order valence-corrected chi connectivity index (χ4v) is 1.84. The zero-order chi connectivity index (χ0) is 15.2. The lowest BCUT2D eigenvalue weighted by molar-refractivity contribution is 0.00692. The van der Waals surface area contributed by atoms with Crippen LogP contribution in [0.1, 0.15) is 31.1 Å². The van der Waals surface area contributed by atoms with Crippen LogP contribution in [-0.4, -0.2) is 11.6 Å². The molecule has 0 heterocycles. The molecule has 0 atom stereocenters. The zero-order valence-corrected chi connectivity index (χ0v) is 11.2. The molecule has 0 saturated heterocycles. The van der Waals surface area contributed by atoms with Crippen molar-refractivity contribution in [2.24, 2.45) is 0 Å². The van der Waals surface area contributed by atoms with Crippen molar-refractivity contribution < 1.29 is 29.0 Å². The van der Waals surface area contributed by atoms with E-state index in [-0.39, 0.29) is 17.7 Å². The van der Waals surface area contributed by atoms with E-state index in [2.05, 4.69) is 0 Å². The summed E-state index contributed by atoms with van der Waals surface area (Å²) in [5.41, 5.74) is -1.05. The lowest BCUT2D eigenvalue weighted by atomic mass is 10.2. The molecule has 1 aromatic rings. The Morgan fingerprint density at radius 3 is 1.74 bits per heavy atom. The van der Waals surface area contributed by atoms with Crippen molar-refractivity contribution in [1.82, 2.24) is 0 Å². The molecule has 110 valence electrons. The van der Waals surface area contributed by atoms with E-state index in [9.17, 15) is 24.2 Å². The van der Waals surface area contributed by atoms with Gasteiger partial charge in [-0.15, -0.1) is 0 Å². The molecule has 0 radical (unpaired) electrons. The molecule has 19 heavy (non-hydrogen) atoms. The number of hydrogen-bond donors (Lipinski definition) is 0. The first-order valence-electron chi connectivity index (χ1n) is 5.16. The molecule has 2 nitrogen and oxygen atoms in total. The third-order valence-electron chi connectivity index (χ3n) is 1.93. The highest BCUT2D eigenvalue weighted by molar-refractivity contribution is 8.45. The van der Waals surface area contributed by atoms with Gasteiger partial charge >= 0.3 is 16.2 Å². The van der Waals surface area contributed by atoms with Crippen molar-refractivity contribution >= 4 is 16.2 Å². The van der Waals surface area contributed by atoms with Gasteiger partial charge in [-0.05, 0) is 45.0 Å². The largest absolute Gasteiger partial charge is 0.456 e. The van der Waals surface area contributed by atoms with Gasteiger partial charge in [0.25, 0.3) is 0 Å². The van der Waals surface area contributed by atoms with E-state index in [1.165, 1.54) is 0 Å². The number of benzene rings is 1. The van der Waals surface area contributed by atoms with Gasteiger partial charge < -0.3 is 4.74 Å². The second-order valence-corrected chi connectivity index (χ2v) is 7.40. The lowest BCUT2D eigenvalue weighted by Crippen LogP contribution is -2.23. The van der Waals surface area contributed by atoms with Gasteiger partial charge in [0, 0.05) is 0 Å². The average Bonchev–Trinajstić information content (AvgIpc) is 2.11. The van der Waals surface area contributed by atoms with Gasteiger partial charge in [-0.2, -0.15) is 0 Å². The van der Waals surface area contributed by atoms with Gasteiger partial charge in [0.2, 0.25) is 0 Å². The third kappa shape index (κ3) is 4.70. The van der Waals surface area contributed by atoms with Crippen molar-refractivity contribution in [2.75, 3.05) is 0 Å². The minimum absolute atomic E-state index is 0.181. The number of carbonyl (C=O) groups excluding carboxylic acids is 1. The van der Waals surface area contributed by atoms with Gasteiger partial charge in [0.1, 0.15) is 10.5 Å². The molecule has 0 saturated carbocycles. The zero-order valence-electron chi connectivity index (χ0n) is 10.4. The summed E-state index contributed by atoms with van der Waals surface area (Å²) < 4.78 is 67.1. The highest BCUT2D eigenvalue weighted by atomic mass is 32.5. The number of halogens is 5. The first-order valence-corrected chi connectivity index (χ1v) is 7.11. The molecule has 0 N–H and O–H groups in total. The summed E-state index contributed by atoms with van der Waals surface area (Å²) in [6.07, 6.45) is 0. The predicted octanol–water partition coefficient (Wildman–Crippen LogP) is 5.30. The number of carbonyl (C=O) groups is 1. The maximum absolute atomic E-state index is 12.4. The van der Waals surface area contributed by atoms with Crippen molar-refractivity contribution in [2.45, 2.75) is 31.3 Å². The Morgan fingerprint density at radius 1 is 1.00 bits per heavy atom. The normalized spacial score (nSPS) is 16.4. The molecule has 8 heteroatoms. The summed E-state index contributed by atoms with van der Waals surface area (Å²) in [7, 11) is -9.69. The van der Waals surface area contributed by atoms with Crippen LogP contribution in [0.3, 0.4) is 0 Å². The van der Waals surface area contributed by atoms with Crippen LogP contribution in [0.5, 0.6) is 0 Å². The highest BCUT2D eigenvalue weighted by Gasteiger charge is 2.65. The maximum atomic E-state index is 12.4. The Kier molecular flexibility index (Phi) is 3.00. The molecular formula is C11H13F5O2S.